The van der Waals surface area contributed by atoms with Gasteiger partial charge in [-0.05, 0) is 6.92 Å². The zero-order valence-corrected chi connectivity index (χ0v) is 11.1. The summed E-state index contributed by atoms with van der Waals surface area (Å²) in [6.07, 6.45) is 0. The lowest BCUT2D eigenvalue weighted by Gasteiger charge is -2.06. The van der Waals surface area contributed by atoms with Crippen LogP contribution in [0.25, 0.3) is 0 Å². The molecule has 0 radical (unpaired) electrons. The van der Waals surface area contributed by atoms with Gasteiger partial charge in [-0.25, -0.2) is 13.2 Å². The molecule has 2 aromatic rings. The quantitative estimate of drug-likeness (QED) is 0.652. The molecule has 1 heterocycles. The lowest BCUT2D eigenvalue weighted by atomic mass is 10.2. The van der Waals surface area contributed by atoms with Crippen LogP contribution in [0.1, 0.15) is 11.7 Å². The summed E-state index contributed by atoms with van der Waals surface area (Å²) in [5.74, 6) is -5.98. The van der Waals surface area contributed by atoms with Gasteiger partial charge in [0.2, 0.25) is 5.89 Å². The maximum atomic E-state index is 13.3. The van der Waals surface area contributed by atoms with Crippen LogP contribution >= 0.6 is 0 Å². The van der Waals surface area contributed by atoms with E-state index in [4.69, 9.17) is 4.52 Å². The average molecular weight is 314 g/mol. The fourth-order valence-electron chi connectivity index (χ4n) is 1.45. The molecule has 0 aliphatic rings. The summed E-state index contributed by atoms with van der Waals surface area (Å²) in [5, 5.41) is 7.43. The van der Waals surface area contributed by atoms with Gasteiger partial charge in [0.25, 0.3) is 0 Å². The minimum atomic E-state index is -1.41. The van der Waals surface area contributed by atoms with Crippen LogP contribution in [0.5, 0.6) is 0 Å². The van der Waals surface area contributed by atoms with E-state index in [-0.39, 0.29) is 18.5 Å². The number of aromatic nitrogens is 2. The molecule has 0 aliphatic carbocycles. The van der Waals surface area contributed by atoms with Crippen molar-refractivity contribution in [2.45, 2.75) is 13.5 Å². The van der Waals surface area contributed by atoms with Crippen LogP contribution in [0.4, 0.5) is 18.9 Å². The van der Waals surface area contributed by atoms with E-state index in [0.717, 1.165) is 0 Å². The monoisotopic (exact) mass is 314 g/mol. The molecule has 0 aliphatic heterocycles. The Morgan fingerprint density at radius 2 is 1.82 bits per heavy atom. The molecular weight excluding hydrogens is 305 g/mol. The smallest absolute Gasteiger partial charge is 0.313 e. The molecule has 0 unspecified atom stereocenters. The first kappa shape index (κ1) is 15.5. The van der Waals surface area contributed by atoms with Crippen molar-refractivity contribution in [3.05, 3.63) is 41.3 Å². The summed E-state index contributed by atoms with van der Waals surface area (Å²) in [6.45, 7) is 1.35. The predicted molar refractivity (Wildman–Crippen MR) is 65.8 cm³/mol. The van der Waals surface area contributed by atoms with Crippen LogP contribution in [0.3, 0.4) is 0 Å². The number of hydrogen-bond acceptors (Lipinski definition) is 5. The Kier molecular flexibility index (Phi) is 4.39. The van der Waals surface area contributed by atoms with Crippen molar-refractivity contribution in [1.29, 1.82) is 0 Å². The number of amides is 2. The molecule has 0 fully saturated rings. The van der Waals surface area contributed by atoms with Gasteiger partial charge in [-0.1, -0.05) is 5.16 Å². The SMILES string of the molecule is Cc1noc(CNC(=O)C(=O)Nc2cc(F)c(F)cc2F)n1. The molecule has 0 bridgehead atoms. The number of hydrogen-bond donors (Lipinski definition) is 2. The molecule has 116 valence electrons. The first-order valence-corrected chi connectivity index (χ1v) is 5.89. The highest BCUT2D eigenvalue weighted by atomic mass is 19.2. The van der Waals surface area contributed by atoms with Crippen molar-refractivity contribution in [2.75, 3.05) is 5.32 Å². The number of carbonyl (C=O) groups excluding carboxylic acids is 2. The van der Waals surface area contributed by atoms with Gasteiger partial charge < -0.3 is 15.2 Å². The first-order chi connectivity index (χ1) is 10.4. The zero-order chi connectivity index (χ0) is 16.3. The lowest BCUT2D eigenvalue weighted by molar-refractivity contribution is -0.136. The fourth-order valence-corrected chi connectivity index (χ4v) is 1.45. The maximum Gasteiger partial charge on any atom is 0.313 e. The van der Waals surface area contributed by atoms with Gasteiger partial charge in [0.15, 0.2) is 17.5 Å². The van der Waals surface area contributed by atoms with Crippen LogP contribution in [0.15, 0.2) is 16.7 Å². The van der Waals surface area contributed by atoms with E-state index in [9.17, 15) is 22.8 Å². The summed E-state index contributed by atoms with van der Waals surface area (Å²) in [7, 11) is 0. The Hall–Kier alpha value is -2.91. The van der Waals surface area contributed by atoms with Crippen molar-refractivity contribution < 1.29 is 27.3 Å². The Balaban J connectivity index is 1.96. The van der Waals surface area contributed by atoms with Crippen molar-refractivity contribution in [3.8, 4) is 0 Å². The van der Waals surface area contributed by atoms with Gasteiger partial charge in [0, 0.05) is 12.1 Å². The minimum Gasteiger partial charge on any atom is -0.339 e. The molecule has 0 saturated carbocycles. The van der Waals surface area contributed by atoms with E-state index in [1.807, 2.05) is 5.32 Å². The molecule has 2 amide bonds. The molecule has 0 saturated heterocycles. The number of rotatable bonds is 3. The van der Waals surface area contributed by atoms with Crippen molar-refractivity contribution in [1.82, 2.24) is 15.5 Å². The van der Waals surface area contributed by atoms with E-state index >= 15 is 0 Å². The molecule has 2 N–H and O–H groups in total. The maximum absolute atomic E-state index is 13.3. The molecular formula is C12H9F3N4O3. The first-order valence-electron chi connectivity index (χ1n) is 5.89. The second-order valence-corrected chi connectivity index (χ2v) is 4.12. The van der Waals surface area contributed by atoms with Gasteiger partial charge >= 0.3 is 11.8 Å². The summed E-state index contributed by atoms with van der Waals surface area (Å²) in [5.41, 5.74) is -0.660. The third kappa shape index (κ3) is 3.59. The Morgan fingerprint density at radius 1 is 1.14 bits per heavy atom. The second-order valence-electron chi connectivity index (χ2n) is 4.12. The third-order valence-corrected chi connectivity index (χ3v) is 2.43. The predicted octanol–water partition coefficient (Wildman–Crippen LogP) is 1.05. The largest absolute Gasteiger partial charge is 0.339 e. The molecule has 10 heteroatoms. The van der Waals surface area contributed by atoms with E-state index in [1.165, 1.54) is 0 Å². The highest BCUT2D eigenvalue weighted by molar-refractivity contribution is 6.39. The molecule has 2 rings (SSSR count). The van der Waals surface area contributed by atoms with Crippen LogP contribution < -0.4 is 10.6 Å². The number of benzene rings is 1. The van der Waals surface area contributed by atoms with Crippen LogP contribution in [-0.2, 0) is 16.1 Å². The number of anilines is 1. The van der Waals surface area contributed by atoms with Crippen molar-refractivity contribution in [2.24, 2.45) is 0 Å². The number of aryl methyl sites for hydroxylation is 1. The van der Waals surface area contributed by atoms with Crippen LogP contribution in [-0.4, -0.2) is 22.0 Å². The second kappa shape index (κ2) is 6.24. The van der Waals surface area contributed by atoms with E-state index < -0.39 is 35.0 Å². The van der Waals surface area contributed by atoms with Crippen molar-refractivity contribution >= 4 is 17.5 Å². The Labute approximate surface area is 121 Å². The standard InChI is InChI=1S/C12H9F3N4O3/c1-5-17-10(22-19-5)4-16-11(20)12(21)18-9-3-7(14)6(13)2-8(9)15/h2-3H,4H2,1H3,(H,16,20)(H,18,21). The van der Waals surface area contributed by atoms with E-state index in [2.05, 4.69) is 15.5 Å². The fraction of sp³-hybridized carbons (Fsp3) is 0.167. The van der Waals surface area contributed by atoms with E-state index in [0.29, 0.717) is 11.9 Å². The molecule has 7 nitrogen and oxygen atoms in total. The van der Waals surface area contributed by atoms with Gasteiger partial charge in [-0.3, -0.25) is 9.59 Å². The van der Waals surface area contributed by atoms with Gasteiger partial charge in [0.1, 0.15) is 5.82 Å². The molecule has 0 atom stereocenters. The molecule has 0 spiro atoms. The van der Waals surface area contributed by atoms with Gasteiger partial charge in [-0.15, -0.1) is 0 Å². The highest BCUT2D eigenvalue weighted by Crippen LogP contribution is 2.18. The average Bonchev–Trinajstić information content (AvgIpc) is 2.87. The molecule has 1 aromatic carbocycles. The summed E-state index contributed by atoms with van der Waals surface area (Å²) < 4.78 is 43.7. The molecule has 22 heavy (non-hydrogen) atoms. The summed E-state index contributed by atoms with van der Waals surface area (Å²) in [6, 6.07) is 0.682. The number of carbonyl (C=O) groups is 2. The van der Waals surface area contributed by atoms with Crippen molar-refractivity contribution in [3.63, 3.8) is 0 Å². The molecule has 1 aromatic heterocycles. The van der Waals surface area contributed by atoms with Crippen LogP contribution in [0, 0.1) is 24.4 Å². The number of nitrogens with one attached hydrogen (secondary N) is 2. The summed E-state index contributed by atoms with van der Waals surface area (Å²) in [4.78, 5) is 26.8. The summed E-state index contributed by atoms with van der Waals surface area (Å²) >= 11 is 0. The Morgan fingerprint density at radius 3 is 2.45 bits per heavy atom. The normalized spacial score (nSPS) is 10.4. The Bertz CT molecular complexity index is 732. The lowest BCUT2D eigenvalue weighted by Crippen LogP contribution is -2.35. The van der Waals surface area contributed by atoms with Gasteiger partial charge in [-0.2, -0.15) is 4.98 Å². The zero-order valence-electron chi connectivity index (χ0n) is 11.1. The highest BCUT2D eigenvalue weighted by Gasteiger charge is 2.18. The number of halogens is 3. The number of nitrogens with zero attached hydrogens (tertiary/aromatic N) is 2. The van der Waals surface area contributed by atoms with E-state index in [1.54, 1.807) is 6.92 Å². The van der Waals surface area contributed by atoms with Crippen LogP contribution in [0.2, 0.25) is 0 Å². The topological polar surface area (TPSA) is 97.1 Å². The van der Waals surface area contributed by atoms with Gasteiger partial charge in [0.05, 0.1) is 12.2 Å². The minimum absolute atomic E-state index is 0.0673. The third-order valence-electron chi connectivity index (χ3n) is 2.43.